The molecule has 0 N–H and O–H groups in total. The molecule has 8 heteroatoms. The molecule has 2 bridgehead atoms. The second kappa shape index (κ2) is 24.3. The van der Waals surface area contributed by atoms with E-state index in [0.717, 1.165) is 44.0 Å². The topological polar surface area (TPSA) is 69.3 Å². The zero-order chi connectivity index (χ0) is 30.4. The molecule has 4 atom stereocenters. The molecule has 2 fully saturated rings. The van der Waals surface area contributed by atoms with Gasteiger partial charge >= 0.3 is 33.3 Å². The van der Waals surface area contributed by atoms with Gasteiger partial charge in [0.1, 0.15) is 0 Å². The number of fused-ring (bicyclic) bond motifs is 4. The maximum absolute atomic E-state index is 5.19. The summed E-state index contributed by atoms with van der Waals surface area (Å²) >= 11 is 0.00694. The standard InChI is InChI=1S/C35H59N5.2ClH.Mn/c1-2-3-4-5-6-7-8-9-10-11-12-13-18-29-25-30-27-38-34-21-16-14-19-32(34)36-23-24-37-33-20-15-17-22-35(33)39-28-31(26-29)40-30;;;/h25-26,32-35H,2-24,27-28H2,1H3;2*1H;/q-4;;;+2/p-2/t32-,33?,34-,35+;;;/m1.../s1. The number of nitrogens with zero attached hydrogens (tertiary/aromatic N) is 5. The molecule has 43 heavy (non-hydrogen) atoms. The second-order valence-corrected chi connectivity index (χ2v) is 14.9. The van der Waals surface area contributed by atoms with E-state index in [1.165, 1.54) is 134 Å². The van der Waals surface area contributed by atoms with E-state index in [1.807, 2.05) is 0 Å². The minimum atomic E-state index is 0.00694. The van der Waals surface area contributed by atoms with E-state index in [1.54, 1.807) is 0 Å². The van der Waals surface area contributed by atoms with Gasteiger partial charge in [-0.1, -0.05) is 129 Å². The van der Waals surface area contributed by atoms with Gasteiger partial charge in [0.25, 0.3) is 0 Å². The van der Waals surface area contributed by atoms with Crippen molar-refractivity contribution in [1.29, 1.82) is 0 Å². The van der Waals surface area contributed by atoms with Crippen LogP contribution in [0.5, 0.6) is 0 Å². The van der Waals surface area contributed by atoms with E-state index in [9.17, 15) is 0 Å². The summed E-state index contributed by atoms with van der Waals surface area (Å²) in [5.74, 6) is 0. The number of pyridine rings is 1. The molecule has 0 saturated heterocycles. The molecule has 5 nitrogen and oxygen atoms in total. The van der Waals surface area contributed by atoms with E-state index in [-0.39, 0.29) is 13.1 Å². The van der Waals surface area contributed by atoms with Gasteiger partial charge < -0.3 is 21.3 Å². The molecule has 0 spiro atoms. The molecule has 249 valence electrons. The summed E-state index contributed by atoms with van der Waals surface area (Å²) < 4.78 is 0. The van der Waals surface area contributed by atoms with Gasteiger partial charge in [0.15, 0.2) is 0 Å². The second-order valence-electron chi connectivity index (χ2n) is 13.0. The normalized spacial score (nSPS) is 24.9. The first-order valence-corrected chi connectivity index (χ1v) is 21.0. The minimum absolute atomic E-state index is 0.00694. The van der Waals surface area contributed by atoms with Crippen LogP contribution in [0.4, 0.5) is 0 Å². The molecule has 1 aromatic heterocycles. The van der Waals surface area contributed by atoms with Crippen molar-refractivity contribution in [1.82, 2.24) is 4.98 Å². The molecular formula is C35H59Cl2MnN5-4. The fourth-order valence-electron chi connectivity index (χ4n) is 7.10. The van der Waals surface area contributed by atoms with E-state index in [4.69, 9.17) is 46.4 Å². The number of aryl methyl sites for hydroxylation is 1. The zero-order valence-electron chi connectivity index (χ0n) is 27.0. The first kappa shape index (κ1) is 37.5. The van der Waals surface area contributed by atoms with Crippen LogP contribution < -0.4 is 0 Å². The average molecular weight is 676 g/mol. The molecule has 3 aliphatic rings. The molecule has 2 heterocycles. The summed E-state index contributed by atoms with van der Waals surface area (Å²) in [4.78, 5) is 5.08. The Balaban J connectivity index is 0.00000162. The van der Waals surface area contributed by atoms with Crippen LogP contribution in [0, 0.1) is 0 Å². The Kier molecular flexibility index (Phi) is 21.2. The number of halogens is 2. The summed E-state index contributed by atoms with van der Waals surface area (Å²) in [6.07, 6.45) is 27.8. The average Bonchev–Trinajstić information content (AvgIpc) is 3.03. The number of unbranched alkanes of at least 4 members (excludes halogenated alkanes) is 11. The molecule has 2 saturated carbocycles. The van der Waals surface area contributed by atoms with Gasteiger partial charge in [0.2, 0.25) is 0 Å². The number of rotatable bonds is 13. The van der Waals surface area contributed by atoms with Crippen LogP contribution in [0.15, 0.2) is 12.1 Å². The molecular weight excluding hydrogens is 616 g/mol. The van der Waals surface area contributed by atoms with Crippen LogP contribution in [0.3, 0.4) is 0 Å². The number of aromatic nitrogens is 1. The predicted octanol–water partition coefficient (Wildman–Crippen LogP) is 11.8. The van der Waals surface area contributed by atoms with Gasteiger partial charge in [-0.15, -0.1) is 13.1 Å². The molecule has 1 aromatic rings. The predicted molar refractivity (Wildman–Crippen MR) is 183 cm³/mol. The summed E-state index contributed by atoms with van der Waals surface area (Å²) in [6.45, 7) is 5.47. The molecule has 2 aliphatic carbocycles. The van der Waals surface area contributed by atoms with Crippen LogP contribution in [0.2, 0.25) is 0 Å². The Morgan fingerprint density at radius 1 is 0.605 bits per heavy atom. The van der Waals surface area contributed by atoms with E-state index in [0.29, 0.717) is 24.2 Å². The SMILES string of the molecule is CCCCCCCCCCCCCCc1cc2nc(c1)C[N-][C@@H]1CCCC[C@H]1[N-]CC[N-]C1CCCC[C@@H]1[N-]C2.[Cl][Mn][Cl]. The summed E-state index contributed by atoms with van der Waals surface area (Å²) in [6, 6.07) is 6.16. The first-order chi connectivity index (χ1) is 21.2. The van der Waals surface area contributed by atoms with Gasteiger partial charge in [0, 0.05) is 11.4 Å². The summed E-state index contributed by atoms with van der Waals surface area (Å²) in [5, 5.41) is 20.6. The Hall–Kier alpha value is 0.0895. The zero-order valence-corrected chi connectivity index (χ0v) is 29.7. The fraction of sp³-hybridized carbons (Fsp3) is 0.857. The first-order valence-electron chi connectivity index (χ1n) is 17.8. The van der Waals surface area contributed by atoms with Crippen molar-refractivity contribution in [3.8, 4) is 0 Å². The molecule has 0 radical (unpaired) electrons. The van der Waals surface area contributed by atoms with Crippen LogP contribution in [-0.4, -0.2) is 42.2 Å². The van der Waals surface area contributed by atoms with Crippen molar-refractivity contribution in [2.45, 2.75) is 179 Å². The van der Waals surface area contributed by atoms with Gasteiger partial charge in [-0.05, 0) is 30.5 Å². The van der Waals surface area contributed by atoms with Crippen LogP contribution in [0.25, 0.3) is 21.3 Å². The summed E-state index contributed by atoms with van der Waals surface area (Å²) in [7, 11) is 9.59. The maximum atomic E-state index is 5.19. The van der Waals surface area contributed by atoms with Gasteiger partial charge in [-0.3, -0.25) is 4.98 Å². The Bertz CT molecular complexity index is 783. The molecule has 1 aliphatic heterocycles. The molecule has 0 amide bonds. The van der Waals surface area contributed by atoms with E-state index in [2.05, 4.69) is 19.1 Å². The van der Waals surface area contributed by atoms with Crippen LogP contribution >= 0.6 is 20.2 Å². The third-order valence-electron chi connectivity index (χ3n) is 9.50. The van der Waals surface area contributed by atoms with Crippen molar-refractivity contribution in [2.75, 3.05) is 13.1 Å². The third-order valence-corrected chi connectivity index (χ3v) is 9.50. The number of hydrogen-bond acceptors (Lipinski definition) is 1. The molecule has 1 unspecified atom stereocenters. The van der Waals surface area contributed by atoms with Gasteiger partial charge in [-0.25, -0.2) is 0 Å². The van der Waals surface area contributed by atoms with Crippen molar-refractivity contribution < 1.29 is 13.1 Å². The third kappa shape index (κ3) is 16.0. The summed E-state index contributed by atoms with van der Waals surface area (Å²) in [5.41, 5.74) is 3.73. The van der Waals surface area contributed by atoms with Gasteiger partial charge in [-0.2, -0.15) is 37.3 Å². The van der Waals surface area contributed by atoms with E-state index < -0.39 is 0 Å². The molecule has 4 rings (SSSR count). The van der Waals surface area contributed by atoms with Crippen molar-refractivity contribution in [3.63, 3.8) is 0 Å². The van der Waals surface area contributed by atoms with Crippen LogP contribution in [-0.2, 0) is 32.6 Å². The van der Waals surface area contributed by atoms with Crippen molar-refractivity contribution in [2.24, 2.45) is 0 Å². The number of hydrogen-bond donors (Lipinski definition) is 0. The Labute approximate surface area is 279 Å². The fourth-order valence-corrected chi connectivity index (χ4v) is 7.10. The quantitative estimate of drug-likeness (QED) is 0.152. The van der Waals surface area contributed by atoms with E-state index >= 15 is 0 Å². The van der Waals surface area contributed by atoms with Crippen molar-refractivity contribution in [3.05, 3.63) is 50.4 Å². The monoisotopic (exact) mass is 674 g/mol. The molecule has 0 aromatic carbocycles. The Morgan fingerprint density at radius 2 is 0.977 bits per heavy atom. The van der Waals surface area contributed by atoms with Gasteiger partial charge in [0.05, 0.1) is 0 Å². The van der Waals surface area contributed by atoms with Crippen molar-refractivity contribution >= 4 is 20.2 Å². The Morgan fingerprint density at radius 3 is 1.40 bits per heavy atom. The van der Waals surface area contributed by atoms with Crippen LogP contribution in [0.1, 0.15) is 152 Å².